The number of rotatable bonds is 7. The minimum atomic E-state index is -0.371. The van der Waals surface area contributed by atoms with Crippen LogP contribution in [0.4, 0.5) is 15.3 Å². The molecule has 0 aliphatic rings. The number of nitrogens with two attached hydrogens (primary N) is 1. The van der Waals surface area contributed by atoms with Crippen molar-refractivity contribution in [3.8, 4) is 5.75 Å². The van der Waals surface area contributed by atoms with Crippen LogP contribution >= 0.6 is 11.3 Å². The van der Waals surface area contributed by atoms with Crippen LogP contribution in [-0.4, -0.2) is 17.8 Å². The normalized spacial score (nSPS) is 11.0. The number of hydrogen-bond donors (Lipinski definition) is 2. The third-order valence-corrected chi connectivity index (χ3v) is 3.37. The van der Waals surface area contributed by atoms with E-state index in [0.29, 0.717) is 17.6 Å². The highest BCUT2D eigenvalue weighted by molar-refractivity contribution is 7.14. The molecular weight excluding hydrogens is 291 g/mol. The van der Waals surface area contributed by atoms with Gasteiger partial charge in [0.05, 0.1) is 12.8 Å². The highest BCUT2D eigenvalue weighted by atomic mass is 32.1. The maximum absolute atomic E-state index is 13.6. The number of nitrogen functional groups attached to an aromatic ring is 1. The third-order valence-electron chi connectivity index (χ3n) is 2.61. The molecule has 1 heterocycles. The molecule has 5 nitrogen and oxygen atoms in total. The fourth-order valence-electron chi connectivity index (χ4n) is 1.54. The molecule has 3 N–H and O–H groups in total. The Morgan fingerprint density at radius 2 is 2.38 bits per heavy atom. The molecule has 0 atom stereocenters. The van der Waals surface area contributed by atoms with Gasteiger partial charge in [-0.1, -0.05) is 19.4 Å². The summed E-state index contributed by atoms with van der Waals surface area (Å²) in [6.45, 7) is 2.56. The van der Waals surface area contributed by atoms with Gasteiger partial charge in [-0.3, -0.25) is 5.43 Å². The van der Waals surface area contributed by atoms with Crippen molar-refractivity contribution in [2.45, 2.75) is 19.8 Å². The Hall–Kier alpha value is -2.15. The van der Waals surface area contributed by atoms with E-state index in [1.807, 2.05) is 0 Å². The predicted molar refractivity (Wildman–Crippen MR) is 84.5 cm³/mol. The van der Waals surface area contributed by atoms with Crippen molar-refractivity contribution < 1.29 is 9.13 Å². The average molecular weight is 308 g/mol. The Balaban J connectivity index is 1.97. The van der Waals surface area contributed by atoms with E-state index in [0.717, 1.165) is 18.4 Å². The summed E-state index contributed by atoms with van der Waals surface area (Å²) >= 11 is 1.36. The van der Waals surface area contributed by atoms with Crippen LogP contribution in [0.5, 0.6) is 5.75 Å². The second-order valence-electron chi connectivity index (χ2n) is 4.34. The summed E-state index contributed by atoms with van der Waals surface area (Å²) < 4.78 is 19.0. The van der Waals surface area contributed by atoms with Crippen LogP contribution in [0.3, 0.4) is 0 Å². The molecule has 2 rings (SSSR count). The fourth-order valence-corrected chi connectivity index (χ4v) is 2.09. The lowest BCUT2D eigenvalue weighted by Gasteiger charge is -2.07. The van der Waals surface area contributed by atoms with E-state index in [4.69, 9.17) is 10.5 Å². The molecule has 0 fully saturated rings. The topological polar surface area (TPSA) is 72.5 Å². The van der Waals surface area contributed by atoms with Gasteiger partial charge in [-0.25, -0.2) is 9.37 Å². The predicted octanol–water partition coefficient (Wildman–Crippen LogP) is 3.49. The number of halogens is 1. The number of hydrazone groups is 1. The van der Waals surface area contributed by atoms with Crippen molar-refractivity contribution in [3.63, 3.8) is 0 Å². The van der Waals surface area contributed by atoms with Crippen LogP contribution < -0.4 is 15.9 Å². The molecule has 0 bridgehead atoms. The Kier molecular flexibility index (Phi) is 5.51. The molecule has 0 aliphatic carbocycles. The van der Waals surface area contributed by atoms with Crippen molar-refractivity contribution in [1.29, 1.82) is 0 Å². The molecule has 0 saturated heterocycles. The van der Waals surface area contributed by atoms with Crippen LogP contribution in [-0.2, 0) is 0 Å². The van der Waals surface area contributed by atoms with Crippen LogP contribution in [0, 0.1) is 5.82 Å². The van der Waals surface area contributed by atoms with Gasteiger partial charge >= 0.3 is 0 Å². The average Bonchev–Trinajstić information content (AvgIpc) is 2.88. The quantitative estimate of drug-likeness (QED) is 0.466. The number of hydrogen-bond acceptors (Lipinski definition) is 6. The largest absolute Gasteiger partial charge is 0.490 e. The zero-order valence-electron chi connectivity index (χ0n) is 11.7. The monoisotopic (exact) mass is 308 g/mol. The van der Waals surface area contributed by atoms with E-state index >= 15 is 0 Å². The van der Waals surface area contributed by atoms with Crippen molar-refractivity contribution in [2.75, 3.05) is 17.8 Å². The number of nitrogens with one attached hydrogen (secondary N) is 1. The number of unbranched alkanes of at least 4 members (excludes halogenated alkanes) is 1. The maximum atomic E-state index is 13.6. The summed E-state index contributed by atoms with van der Waals surface area (Å²) in [5.41, 5.74) is 9.00. The van der Waals surface area contributed by atoms with Crippen molar-refractivity contribution >= 4 is 28.5 Å². The maximum Gasteiger partial charge on any atom is 0.205 e. The minimum absolute atomic E-state index is 0.242. The molecule has 1 aromatic carbocycles. The van der Waals surface area contributed by atoms with Gasteiger partial charge in [-0.15, -0.1) is 11.3 Å². The van der Waals surface area contributed by atoms with Crippen LogP contribution in [0.1, 0.15) is 25.3 Å². The molecule has 7 heteroatoms. The molecule has 0 unspecified atom stereocenters. The van der Waals surface area contributed by atoms with Gasteiger partial charge in [-0.05, 0) is 24.1 Å². The molecule has 0 spiro atoms. The molecule has 0 aliphatic heterocycles. The number of benzene rings is 1. The number of ether oxygens (including phenoxy) is 1. The van der Waals surface area contributed by atoms with Crippen LogP contribution in [0.15, 0.2) is 28.7 Å². The van der Waals surface area contributed by atoms with Gasteiger partial charge in [0.2, 0.25) is 5.13 Å². The summed E-state index contributed by atoms with van der Waals surface area (Å²) in [4.78, 5) is 4.01. The molecule has 0 amide bonds. The zero-order chi connectivity index (χ0) is 15.1. The van der Waals surface area contributed by atoms with Crippen molar-refractivity contribution in [3.05, 3.63) is 35.0 Å². The van der Waals surface area contributed by atoms with Gasteiger partial charge in [0.1, 0.15) is 5.82 Å². The number of anilines is 2. The Morgan fingerprint density at radius 1 is 1.52 bits per heavy atom. The summed E-state index contributed by atoms with van der Waals surface area (Å²) in [7, 11) is 0. The van der Waals surface area contributed by atoms with E-state index < -0.39 is 0 Å². The first kappa shape index (κ1) is 15.2. The van der Waals surface area contributed by atoms with Gasteiger partial charge in [-0.2, -0.15) is 5.10 Å². The second kappa shape index (κ2) is 7.58. The molecule has 1 aromatic heterocycles. The third kappa shape index (κ3) is 4.71. The number of nitrogens with zero attached hydrogens (tertiary/aromatic N) is 2. The number of thiazole rings is 1. The zero-order valence-corrected chi connectivity index (χ0v) is 12.5. The van der Waals surface area contributed by atoms with E-state index in [1.54, 1.807) is 23.7 Å². The van der Waals surface area contributed by atoms with E-state index in [9.17, 15) is 4.39 Å². The summed E-state index contributed by atoms with van der Waals surface area (Å²) in [5, 5.41) is 6.35. The van der Waals surface area contributed by atoms with Crippen LogP contribution in [0.25, 0.3) is 0 Å². The summed E-state index contributed by atoms with van der Waals surface area (Å²) in [5.74, 6) is 0.320. The SMILES string of the molecule is CCCCOc1cc(C=NNc2nc(N)cs2)ccc1F. The summed E-state index contributed by atoms with van der Waals surface area (Å²) in [6.07, 6.45) is 3.47. The Labute approximate surface area is 126 Å². The summed E-state index contributed by atoms with van der Waals surface area (Å²) in [6, 6.07) is 4.61. The number of aromatic nitrogens is 1. The van der Waals surface area contributed by atoms with Crippen molar-refractivity contribution in [1.82, 2.24) is 4.98 Å². The standard InChI is InChI=1S/C14H17FN4OS/c1-2-3-6-20-12-7-10(4-5-11(12)15)8-17-19-14-18-13(16)9-21-14/h4-5,7-9H,2-3,6,16H2,1H3,(H,18,19). The minimum Gasteiger partial charge on any atom is -0.490 e. The first-order valence-corrected chi connectivity index (χ1v) is 7.49. The van der Waals surface area contributed by atoms with Gasteiger partial charge in [0.15, 0.2) is 11.6 Å². The van der Waals surface area contributed by atoms with Crippen molar-refractivity contribution in [2.24, 2.45) is 5.10 Å². The van der Waals surface area contributed by atoms with Crippen LogP contribution in [0.2, 0.25) is 0 Å². The molecule has 2 aromatic rings. The lowest BCUT2D eigenvalue weighted by Crippen LogP contribution is -1.99. The first-order valence-electron chi connectivity index (χ1n) is 6.61. The fraction of sp³-hybridized carbons (Fsp3) is 0.286. The molecule has 0 radical (unpaired) electrons. The highest BCUT2D eigenvalue weighted by Gasteiger charge is 2.04. The molecule has 21 heavy (non-hydrogen) atoms. The Bertz CT molecular complexity index is 615. The highest BCUT2D eigenvalue weighted by Crippen LogP contribution is 2.19. The van der Waals surface area contributed by atoms with E-state index in [-0.39, 0.29) is 11.6 Å². The molecule has 112 valence electrons. The van der Waals surface area contributed by atoms with Gasteiger partial charge in [0.25, 0.3) is 0 Å². The van der Waals surface area contributed by atoms with E-state index in [1.165, 1.54) is 17.4 Å². The van der Waals surface area contributed by atoms with Gasteiger partial charge in [0, 0.05) is 5.38 Å². The second-order valence-corrected chi connectivity index (χ2v) is 5.20. The Morgan fingerprint density at radius 3 is 3.10 bits per heavy atom. The van der Waals surface area contributed by atoms with Gasteiger partial charge < -0.3 is 10.5 Å². The lowest BCUT2D eigenvalue weighted by atomic mass is 10.2. The smallest absolute Gasteiger partial charge is 0.205 e. The lowest BCUT2D eigenvalue weighted by molar-refractivity contribution is 0.294. The first-order chi connectivity index (χ1) is 10.2. The molecular formula is C14H17FN4OS. The van der Waals surface area contributed by atoms with E-state index in [2.05, 4.69) is 22.4 Å². The molecule has 0 saturated carbocycles.